The van der Waals surface area contributed by atoms with Gasteiger partial charge in [-0.2, -0.15) is 0 Å². The molecule has 1 aliphatic heterocycles. The topological polar surface area (TPSA) is 105 Å². The van der Waals surface area contributed by atoms with Crippen molar-refractivity contribution in [2.45, 2.75) is 32.4 Å². The number of hydrogen-bond acceptors (Lipinski definition) is 6. The van der Waals surface area contributed by atoms with Crippen LogP contribution >= 0.6 is 11.6 Å². The molecule has 1 amide bonds. The first-order valence-electron chi connectivity index (χ1n) is 10.5. The first kappa shape index (κ1) is 23.7. The van der Waals surface area contributed by atoms with Gasteiger partial charge < -0.3 is 20.5 Å². The van der Waals surface area contributed by atoms with Gasteiger partial charge in [-0.1, -0.05) is 11.6 Å². The third kappa shape index (κ3) is 4.87. The van der Waals surface area contributed by atoms with Crippen LogP contribution in [0.15, 0.2) is 47.5 Å². The normalized spacial score (nSPS) is 15.7. The maximum atomic E-state index is 14.6. The zero-order valence-electron chi connectivity index (χ0n) is 18.0. The van der Waals surface area contributed by atoms with Gasteiger partial charge in [-0.3, -0.25) is 19.1 Å². The molecule has 0 saturated heterocycles. The first-order chi connectivity index (χ1) is 16.2. The summed E-state index contributed by atoms with van der Waals surface area (Å²) in [4.78, 5) is 29.7. The van der Waals surface area contributed by atoms with Crippen LogP contribution in [-0.2, 0) is 6.54 Å². The number of carbonyl (C=O) groups excluding carboxylic acids is 1. The van der Waals surface area contributed by atoms with Crippen molar-refractivity contribution in [1.82, 2.24) is 14.9 Å². The number of nitrogens with zero attached hydrogens (tertiary/aromatic N) is 2. The number of ether oxygens (including phenoxy) is 1. The van der Waals surface area contributed by atoms with E-state index in [1.165, 1.54) is 48.1 Å². The highest BCUT2D eigenvalue weighted by Crippen LogP contribution is 2.36. The van der Waals surface area contributed by atoms with Crippen molar-refractivity contribution in [2.75, 3.05) is 11.9 Å². The van der Waals surface area contributed by atoms with Gasteiger partial charge in [0, 0.05) is 42.5 Å². The first-order valence-corrected chi connectivity index (χ1v) is 10.8. The maximum absolute atomic E-state index is 14.6. The minimum absolute atomic E-state index is 0.0120. The predicted octanol–water partition coefficient (Wildman–Crippen LogP) is 3.64. The number of carbonyl (C=O) groups is 1. The van der Waals surface area contributed by atoms with Crippen LogP contribution in [0.3, 0.4) is 0 Å². The summed E-state index contributed by atoms with van der Waals surface area (Å²) in [6.45, 7) is 1.56. The Hall–Kier alpha value is -3.50. The van der Waals surface area contributed by atoms with Crippen molar-refractivity contribution >= 4 is 28.9 Å². The summed E-state index contributed by atoms with van der Waals surface area (Å²) in [5, 5.41) is 15.2. The lowest BCUT2D eigenvalue weighted by Crippen LogP contribution is -2.32. The van der Waals surface area contributed by atoms with Crippen LogP contribution < -0.4 is 20.9 Å². The third-order valence-electron chi connectivity index (χ3n) is 5.17. The van der Waals surface area contributed by atoms with Gasteiger partial charge in [0.05, 0.1) is 22.9 Å². The number of halogens is 3. The minimum atomic E-state index is -1.64. The fourth-order valence-electron chi connectivity index (χ4n) is 3.54. The monoisotopic (exact) mass is 490 g/mol. The van der Waals surface area contributed by atoms with Gasteiger partial charge in [-0.15, -0.1) is 0 Å². The molecule has 4 rings (SSSR count). The average molecular weight is 491 g/mol. The molecule has 1 aromatic carbocycles. The van der Waals surface area contributed by atoms with E-state index in [2.05, 4.69) is 15.6 Å². The molecule has 2 aromatic heterocycles. The Bertz CT molecular complexity index is 1300. The maximum Gasteiger partial charge on any atom is 0.261 e. The number of nitrogens with one attached hydrogen (secondary N) is 2. The Balaban J connectivity index is 1.82. The summed E-state index contributed by atoms with van der Waals surface area (Å²) in [7, 11) is 0. The van der Waals surface area contributed by atoms with Crippen molar-refractivity contribution in [1.29, 1.82) is 0 Å². The van der Waals surface area contributed by atoms with Gasteiger partial charge in [0.25, 0.3) is 11.5 Å². The van der Waals surface area contributed by atoms with Gasteiger partial charge in [-0.25, -0.2) is 8.78 Å². The lowest BCUT2D eigenvalue weighted by atomic mass is 10.1. The second-order valence-corrected chi connectivity index (χ2v) is 8.22. The number of fused-ring (bicyclic) bond motifs is 1. The molecule has 0 fully saturated rings. The van der Waals surface area contributed by atoms with E-state index in [1.54, 1.807) is 0 Å². The number of aliphatic hydroxyl groups is 1. The Kier molecular flexibility index (Phi) is 6.80. The van der Waals surface area contributed by atoms with E-state index in [-0.39, 0.29) is 58.5 Å². The molecule has 2 atom stereocenters. The van der Waals surface area contributed by atoms with E-state index < -0.39 is 29.7 Å². The summed E-state index contributed by atoms with van der Waals surface area (Å²) in [5.41, 5.74) is -0.0487. The molecule has 1 aliphatic rings. The molecule has 2 unspecified atom stereocenters. The Morgan fingerprint density at radius 2 is 2.12 bits per heavy atom. The lowest BCUT2D eigenvalue weighted by Gasteiger charge is -2.26. The molecular formula is C23H21ClF2N4O4. The smallest absolute Gasteiger partial charge is 0.261 e. The van der Waals surface area contributed by atoms with E-state index in [4.69, 9.17) is 16.3 Å². The van der Waals surface area contributed by atoms with E-state index >= 15 is 0 Å². The van der Waals surface area contributed by atoms with Gasteiger partial charge in [-0.05, 0) is 37.3 Å². The number of aliphatic hydroxyl groups excluding tert-OH is 1. The number of anilines is 2. The average Bonchev–Trinajstić information content (AvgIpc) is 2.81. The zero-order valence-corrected chi connectivity index (χ0v) is 18.8. The number of amides is 1. The molecular weight excluding hydrogens is 470 g/mol. The summed E-state index contributed by atoms with van der Waals surface area (Å²) in [6.07, 6.45) is 0.300. The molecule has 0 saturated carbocycles. The molecule has 11 heteroatoms. The molecule has 34 heavy (non-hydrogen) atoms. The van der Waals surface area contributed by atoms with Gasteiger partial charge in [0.2, 0.25) is 12.2 Å². The summed E-state index contributed by atoms with van der Waals surface area (Å²) < 4.78 is 35.2. The van der Waals surface area contributed by atoms with Crippen LogP contribution in [0.4, 0.5) is 20.2 Å². The highest BCUT2D eigenvalue weighted by molar-refractivity contribution is 6.30. The number of aromatic nitrogens is 2. The molecule has 0 bridgehead atoms. The number of rotatable bonds is 6. The quantitative estimate of drug-likeness (QED) is 0.487. The van der Waals surface area contributed by atoms with Gasteiger partial charge in [0.1, 0.15) is 11.5 Å². The number of pyridine rings is 2. The van der Waals surface area contributed by atoms with Gasteiger partial charge >= 0.3 is 0 Å². The summed E-state index contributed by atoms with van der Waals surface area (Å²) in [5.74, 6) is -1.25. The van der Waals surface area contributed by atoms with Crippen LogP contribution in [0.1, 0.15) is 23.7 Å². The molecule has 8 nitrogen and oxygen atoms in total. The molecule has 178 valence electrons. The Morgan fingerprint density at radius 3 is 2.88 bits per heavy atom. The fraction of sp³-hybridized carbons (Fsp3) is 0.261. The largest absolute Gasteiger partial charge is 0.443 e. The van der Waals surface area contributed by atoms with Crippen LogP contribution in [0.5, 0.6) is 5.88 Å². The third-order valence-corrected chi connectivity index (χ3v) is 5.41. The van der Waals surface area contributed by atoms with E-state index in [0.29, 0.717) is 0 Å². The molecule has 3 heterocycles. The van der Waals surface area contributed by atoms with E-state index in [9.17, 15) is 23.5 Å². The van der Waals surface area contributed by atoms with Crippen molar-refractivity contribution in [2.24, 2.45) is 0 Å². The van der Waals surface area contributed by atoms with Crippen molar-refractivity contribution < 1.29 is 23.4 Å². The second-order valence-electron chi connectivity index (χ2n) is 7.78. The van der Waals surface area contributed by atoms with Crippen LogP contribution in [-0.4, -0.2) is 39.6 Å². The Morgan fingerprint density at radius 1 is 1.32 bits per heavy atom. The predicted molar refractivity (Wildman–Crippen MR) is 123 cm³/mol. The van der Waals surface area contributed by atoms with Crippen molar-refractivity contribution in [3.8, 4) is 17.0 Å². The molecule has 3 aromatic rings. The molecule has 3 N–H and O–H groups in total. The highest BCUT2D eigenvalue weighted by atomic mass is 35.5. The van der Waals surface area contributed by atoms with Crippen LogP contribution in [0.25, 0.3) is 11.1 Å². The van der Waals surface area contributed by atoms with Crippen LogP contribution in [0.2, 0.25) is 5.02 Å². The standard InChI is InChI=1S/C23H21ClF2N4O4/c1-12(31)10-28-21(32)16-11-27-6-4-18(16)29-19-9-15(14-8-13(24)2-3-17(14)25)22(33)30-7-5-20(26)34-23(19)30/h2-4,6,8-9,11-12,20,31H,5,7,10H2,1H3,(H,27,29)(H,28,32). The van der Waals surface area contributed by atoms with E-state index in [0.717, 1.165) is 6.07 Å². The number of alkyl halides is 1. The van der Waals surface area contributed by atoms with Crippen molar-refractivity contribution in [3.05, 3.63) is 69.5 Å². The van der Waals surface area contributed by atoms with Crippen molar-refractivity contribution in [3.63, 3.8) is 0 Å². The van der Waals surface area contributed by atoms with Crippen LogP contribution in [0, 0.1) is 5.82 Å². The number of hydrogen-bond donors (Lipinski definition) is 3. The minimum Gasteiger partial charge on any atom is -0.443 e. The lowest BCUT2D eigenvalue weighted by molar-refractivity contribution is 0.0255. The summed E-state index contributed by atoms with van der Waals surface area (Å²) >= 11 is 6.02. The molecule has 0 radical (unpaired) electrons. The zero-order chi connectivity index (χ0) is 24.4. The second kappa shape index (κ2) is 9.78. The van der Waals surface area contributed by atoms with E-state index in [1.807, 2.05) is 0 Å². The Labute approximate surface area is 198 Å². The van der Waals surface area contributed by atoms with Gasteiger partial charge in [0.15, 0.2) is 0 Å². The fourth-order valence-corrected chi connectivity index (χ4v) is 3.72. The summed E-state index contributed by atoms with van der Waals surface area (Å²) in [6, 6.07) is 6.68. The number of benzene rings is 1. The molecule has 0 spiro atoms. The SMILES string of the molecule is CC(O)CNC(=O)c1cnccc1Nc1cc(-c2cc(Cl)ccc2F)c(=O)n2c1OC(F)CC2. The molecule has 0 aliphatic carbocycles. The highest BCUT2D eigenvalue weighted by Gasteiger charge is 2.27.